The van der Waals surface area contributed by atoms with Gasteiger partial charge in [0.05, 0.1) is 15.5 Å². The molecule has 14 heteroatoms. The first-order valence-corrected chi connectivity index (χ1v) is 9.51. The summed E-state index contributed by atoms with van der Waals surface area (Å²) in [4.78, 5) is 23.8. The quantitative estimate of drug-likeness (QED) is 0.258. The number of hydrogen-bond acceptors (Lipinski definition) is 11. The van der Waals surface area contributed by atoms with Crippen LogP contribution in [0, 0.1) is 10.1 Å². The zero-order chi connectivity index (χ0) is 22.0. The number of hydrazone groups is 1. The highest BCUT2D eigenvalue weighted by Crippen LogP contribution is 2.29. The highest BCUT2D eigenvalue weighted by atomic mass is 32.1. The molecule has 1 amide bonds. The zero-order valence-corrected chi connectivity index (χ0v) is 16.6. The largest absolute Gasteiger partial charge is 0.378 e. The second-order valence-electron chi connectivity index (χ2n) is 6.09. The molecule has 3 N–H and O–H groups in total. The Bertz CT molecular complexity index is 1280. The predicted octanol–water partition coefficient (Wildman–Crippen LogP) is 2.02. The molecule has 156 valence electrons. The number of carbonyl (C=O) groups excluding carboxylic acids is 1. The first-order valence-electron chi connectivity index (χ1n) is 8.63. The first-order chi connectivity index (χ1) is 15.0. The van der Waals surface area contributed by atoms with Crippen molar-refractivity contribution in [2.45, 2.75) is 6.92 Å². The Labute approximate surface area is 177 Å². The van der Waals surface area contributed by atoms with Crippen molar-refractivity contribution in [1.82, 2.24) is 30.7 Å². The fraction of sp³-hybridized carbons (Fsp3) is 0.0588. The Morgan fingerprint density at radius 2 is 2.06 bits per heavy atom. The molecule has 0 unspecified atom stereocenters. The van der Waals surface area contributed by atoms with Crippen LogP contribution in [0.25, 0.3) is 16.4 Å². The van der Waals surface area contributed by atoms with E-state index in [1.807, 2.05) is 5.38 Å². The van der Waals surface area contributed by atoms with E-state index in [1.165, 1.54) is 40.3 Å². The molecule has 3 heterocycles. The fourth-order valence-corrected chi connectivity index (χ4v) is 3.39. The number of thiophene rings is 1. The van der Waals surface area contributed by atoms with E-state index < -0.39 is 10.8 Å². The van der Waals surface area contributed by atoms with Crippen LogP contribution in [-0.2, 0) is 0 Å². The van der Waals surface area contributed by atoms with Gasteiger partial charge in [0.1, 0.15) is 5.69 Å². The van der Waals surface area contributed by atoms with Gasteiger partial charge in [-0.05, 0) is 46.4 Å². The summed E-state index contributed by atoms with van der Waals surface area (Å²) in [7, 11) is 0. The SMILES string of the molecule is C/C(=N\NC(=O)c1nnn(-c2nonc2N)c1-c1cccs1)c1ccc([N+](=O)[O-])cc1. The molecule has 4 aromatic rings. The topological polar surface area (TPSA) is 180 Å². The maximum Gasteiger partial charge on any atom is 0.294 e. The number of non-ortho nitro benzene ring substituents is 1. The summed E-state index contributed by atoms with van der Waals surface area (Å²) in [5, 5.41) is 31.8. The number of benzene rings is 1. The molecule has 0 bridgehead atoms. The van der Waals surface area contributed by atoms with Crippen LogP contribution in [0.5, 0.6) is 0 Å². The third kappa shape index (κ3) is 3.86. The standard InChI is InChI=1S/C17H13N9O4S/c1-9(10-4-6-11(7-5-10)26(28)29)19-21-17(27)13-14(12-3-2-8-31-12)25(24-20-13)16-15(18)22-30-23-16/h2-8H,1H3,(H2,18,22)(H,21,27)/b19-9+. The third-order valence-corrected chi connectivity index (χ3v) is 5.03. The van der Waals surface area contributed by atoms with Gasteiger partial charge in [0, 0.05) is 12.1 Å². The number of aromatic nitrogens is 5. The van der Waals surface area contributed by atoms with Crippen LogP contribution in [0.4, 0.5) is 11.5 Å². The van der Waals surface area contributed by atoms with Crippen LogP contribution < -0.4 is 11.2 Å². The number of nitro groups is 1. The van der Waals surface area contributed by atoms with Crippen molar-refractivity contribution in [2.24, 2.45) is 5.10 Å². The summed E-state index contributed by atoms with van der Waals surface area (Å²) < 4.78 is 5.88. The summed E-state index contributed by atoms with van der Waals surface area (Å²) >= 11 is 1.36. The zero-order valence-electron chi connectivity index (χ0n) is 15.8. The van der Waals surface area contributed by atoms with Crippen molar-refractivity contribution in [1.29, 1.82) is 0 Å². The molecule has 0 aliphatic carbocycles. The molecule has 0 aliphatic rings. The van der Waals surface area contributed by atoms with Crippen molar-refractivity contribution in [3.8, 4) is 16.4 Å². The van der Waals surface area contributed by atoms with E-state index in [-0.39, 0.29) is 23.0 Å². The minimum atomic E-state index is -0.620. The van der Waals surface area contributed by atoms with Gasteiger partial charge in [0.2, 0.25) is 11.6 Å². The molecule has 0 fully saturated rings. The number of anilines is 1. The van der Waals surface area contributed by atoms with Gasteiger partial charge in [0.15, 0.2) is 5.69 Å². The van der Waals surface area contributed by atoms with E-state index in [2.05, 4.69) is 35.8 Å². The number of nitrogen functional groups attached to an aromatic ring is 1. The molecule has 0 saturated heterocycles. The normalized spacial score (nSPS) is 11.5. The number of nitrogens with one attached hydrogen (secondary N) is 1. The molecule has 0 spiro atoms. The second-order valence-corrected chi connectivity index (χ2v) is 7.04. The van der Waals surface area contributed by atoms with E-state index >= 15 is 0 Å². The second kappa shape index (κ2) is 8.11. The Kier molecular flexibility index (Phi) is 5.19. The van der Waals surface area contributed by atoms with Gasteiger partial charge in [-0.3, -0.25) is 14.9 Å². The highest BCUT2D eigenvalue weighted by Gasteiger charge is 2.25. The molecular formula is C17H13N9O4S. The molecule has 1 aromatic carbocycles. The fourth-order valence-electron chi connectivity index (χ4n) is 2.63. The molecule has 0 radical (unpaired) electrons. The van der Waals surface area contributed by atoms with Gasteiger partial charge in [0.25, 0.3) is 11.6 Å². The number of hydrogen-bond donors (Lipinski definition) is 2. The Morgan fingerprint density at radius 1 is 1.29 bits per heavy atom. The number of nitrogens with two attached hydrogens (primary N) is 1. The highest BCUT2D eigenvalue weighted by molar-refractivity contribution is 7.13. The summed E-state index contributed by atoms with van der Waals surface area (Å²) in [6.07, 6.45) is 0. The molecule has 0 saturated carbocycles. The smallest absolute Gasteiger partial charge is 0.294 e. The molecule has 13 nitrogen and oxygen atoms in total. The van der Waals surface area contributed by atoms with Crippen molar-refractivity contribution < 1.29 is 14.3 Å². The monoisotopic (exact) mass is 439 g/mol. The Hall–Kier alpha value is -4.46. The molecule has 0 aliphatic heterocycles. The van der Waals surface area contributed by atoms with E-state index in [0.717, 1.165) is 0 Å². The molecule has 4 rings (SSSR count). The van der Waals surface area contributed by atoms with Gasteiger partial charge < -0.3 is 5.73 Å². The predicted molar refractivity (Wildman–Crippen MR) is 110 cm³/mol. The molecule has 31 heavy (non-hydrogen) atoms. The average molecular weight is 439 g/mol. The Morgan fingerprint density at radius 3 is 2.68 bits per heavy atom. The van der Waals surface area contributed by atoms with Crippen LogP contribution in [0.2, 0.25) is 0 Å². The van der Waals surface area contributed by atoms with Gasteiger partial charge >= 0.3 is 0 Å². The summed E-state index contributed by atoms with van der Waals surface area (Å²) in [5.74, 6) is -0.534. The van der Waals surface area contributed by atoms with Crippen LogP contribution in [-0.4, -0.2) is 41.8 Å². The van der Waals surface area contributed by atoms with E-state index in [9.17, 15) is 14.9 Å². The summed E-state index contributed by atoms with van der Waals surface area (Å²) in [5.41, 5.74) is 9.52. The van der Waals surface area contributed by atoms with E-state index in [1.54, 1.807) is 19.1 Å². The molecular weight excluding hydrogens is 426 g/mol. The summed E-state index contributed by atoms with van der Waals surface area (Å²) in [6.45, 7) is 1.65. The minimum absolute atomic E-state index is 0.00917. The summed E-state index contributed by atoms with van der Waals surface area (Å²) in [6, 6.07) is 9.37. The number of nitrogens with zero attached hydrogens (tertiary/aromatic N) is 7. The van der Waals surface area contributed by atoms with Gasteiger partial charge in [-0.1, -0.05) is 11.3 Å². The van der Waals surface area contributed by atoms with Crippen LogP contribution in [0.1, 0.15) is 23.0 Å². The van der Waals surface area contributed by atoms with Gasteiger partial charge in [-0.15, -0.1) is 16.4 Å². The third-order valence-electron chi connectivity index (χ3n) is 4.16. The van der Waals surface area contributed by atoms with Gasteiger partial charge in [-0.2, -0.15) is 9.78 Å². The van der Waals surface area contributed by atoms with Crippen LogP contribution >= 0.6 is 11.3 Å². The maximum atomic E-state index is 12.8. The molecule has 0 atom stereocenters. The average Bonchev–Trinajstić information content (AvgIpc) is 3.51. The van der Waals surface area contributed by atoms with Gasteiger partial charge in [-0.25, -0.2) is 10.1 Å². The van der Waals surface area contributed by atoms with Crippen LogP contribution in [0.3, 0.4) is 0 Å². The number of amides is 1. The van der Waals surface area contributed by atoms with Crippen molar-refractivity contribution >= 4 is 34.5 Å². The maximum absolute atomic E-state index is 12.8. The van der Waals surface area contributed by atoms with E-state index in [0.29, 0.717) is 21.8 Å². The minimum Gasteiger partial charge on any atom is -0.378 e. The lowest BCUT2D eigenvalue weighted by Crippen LogP contribution is -2.20. The van der Waals surface area contributed by atoms with E-state index in [4.69, 9.17) is 5.73 Å². The number of rotatable bonds is 6. The first kappa shape index (κ1) is 19.8. The lowest BCUT2D eigenvalue weighted by atomic mass is 10.1. The lowest BCUT2D eigenvalue weighted by Gasteiger charge is -2.04. The van der Waals surface area contributed by atoms with Crippen LogP contribution in [0.15, 0.2) is 51.5 Å². The lowest BCUT2D eigenvalue weighted by molar-refractivity contribution is -0.384. The number of carbonyl (C=O) groups is 1. The Balaban J connectivity index is 1.63. The van der Waals surface area contributed by atoms with Crippen molar-refractivity contribution in [3.05, 3.63) is 63.1 Å². The number of nitro benzene ring substituents is 1. The van der Waals surface area contributed by atoms with Crippen molar-refractivity contribution in [2.75, 3.05) is 5.73 Å². The van der Waals surface area contributed by atoms with Crippen molar-refractivity contribution in [3.63, 3.8) is 0 Å². The molecule has 3 aromatic heterocycles.